The van der Waals surface area contributed by atoms with Crippen LogP contribution in [0.15, 0.2) is 23.3 Å². The predicted molar refractivity (Wildman–Crippen MR) is 108 cm³/mol. The van der Waals surface area contributed by atoms with Gasteiger partial charge in [-0.2, -0.15) is 5.10 Å². The second-order valence-corrected chi connectivity index (χ2v) is 6.90. The fourth-order valence-electron chi connectivity index (χ4n) is 3.34. The number of esters is 1. The lowest BCUT2D eigenvalue weighted by Crippen LogP contribution is -2.27. The smallest absolute Gasteiger partial charge is 0.314 e. The molecule has 0 aromatic heterocycles. The number of rotatable bonds is 6. The van der Waals surface area contributed by atoms with Crippen molar-refractivity contribution in [2.24, 2.45) is 11.0 Å². The summed E-state index contributed by atoms with van der Waals surface area (Å²) in [6.07, 6.45) is 7.24. The Morgan fingerprint density at radius 2 is 1.83 bits per heavy atom. The van der Waals surface area contributed by atoms with Gasteiger partial charge in [-0.25, -0.2) is 0 Å². The monoisotopic (exact) mass is 406 g/mol. The first-order valence-corrected chi connectivity index (χ1v) is 9.86. The van der Waals surface area contributed by atoms with Crippen LogP contribution >= 0.6 is 0 Å². The van der Waals surface area contributed by atoms with Crippen LogP contribution in [0.25, 0.3) is 0 Å². The van der Waals surface area contributed by atoms with Gasteiger partial charge in [0.2, 0.25) is 0 Å². The first-order valence-electron chi connectivity index (χ1n) is 9.86. The molecule has 0 heterocycles. The second-order valence-electron chi connectivity index (χ2n) is 6.90. The topological polar surface area (TPSA) is 137 Å². The minimum absolute atomic E-state index is 0.0350. The van der Waals surface area contributed by atoms with Crippen molar-refractivity contribution in [2.75, 3.05) is 12.0 Å². The first-order chi connectivity index (χ1) is 13.9. The van der Waals surface area contributed by atoms with Crippen molar-refractivity contribution in [1.82, 2.24) is 0 Å². The van der Waals surface area contributed by atoms with Crippen LogP contribution in [0.4, 0.5) is 17.1 Å². The van der Waals surface area contributed by atoms with Gasteiger partial charge in [-0.3, -0.25) is 30.4 Å². The van der Waals surface area contributed by atoms with Crippen molar-refractivity contribution < 1.29 is 19.4 Å². The molecule has 1 aromatic carbocycles. The van der Waals surface area contributed by atoms with Crippen LogP contribution in [-0.4, -0.2) is 28.1 Å². The number of hydrogen-bond acceptors (Lipinski definition) is 8. The maximum absolute atomic E-state index is 12.5. The Morgan fingerprint density at radius 3 is 2.48 bits per heavy atom. The van der Waals surface area contributed by atoms with E-state index in [2.05, 4.69) is 10.5 Å². The summed E-state index contributed by atoms with van der Waals surface area (Å²) in [5.41, 5.74) is 2.46. The van der Waals surface area contributed by atoms with Crippen molar-refractivity contribution in [3.8, 4) is 0 Å². The largest absolute Gasteiger partial charge is 0.465 e. The number of benzene rings is 1. The Morgan fingerprint density at radius 1 is 1.14 bits per heavy atom. The summed E-state index contributed by atoms with van der Waals surface area (Å²) in [7, 11) is 0. The van der Waals surface area contributed by atoms with Gasteiger partial charge in [0.15, 0.2) is 0 Å². The number of hydrazone groups is 1. The van der Waals surface area contributed by atoms with Crippen LogP contribution in [0, 0.1) is 26.1 Å². The van der Waals surface area contributed by atoms with E-state index in [4.69, 9.17) is 4.74 Å². The number of carbonyl (C=O) groups excluding carboxylic acids is 1. The summed E-state index contributed by atoms with van der Waals surface area (Å²) in [6, 6.07) is 3.31. The average Bonchev–Trinajstić information content (AvgIpc) is 2.70. The van der Waals surface area contributed by atoms with Crippen LogP contribution in [-0.2, 0) is 9.53 Å². The molecule has 1 aromatic rings. The molecule has 0 spiro atoms. The highest BCUT2D eigenvalue weighted by Crippen LogP contribution is 2.29. The van der Waals surface area contributed by atoms with Gasteiger partial charge in [0.25, 0.3) is 5.69 Å². The maximum Gasteiger partial charge on any atom is 0.314 e. The molecular formula is C19H26N4O6. The SMILES string of the molecule is CCOC(=O)C1CCCCCCCC/C1=N/Nc1ccc([N+](=O)[O-])cc1[N+](=O)[O-]. The predicted octanol–water partition coefficient (Wildman–Crippen LogP) is 4.58. The number of nitro benzene ring substituents is 2. The highest BCUT2D eigenvalue weighted by molar-refractivity contribution is 6.02. The van der Waals surface area contributed by atoms with Gasteiger partial charge >= 0.3 is 11.7 Å². The number of nitrogens with one attached hydrogen (secondary N) is 1. The van der Waals surface area contributed by atoms with Gasteiger partial charge in [0.05, 0.1) is 34.1 Å². The van der Waals surface area contributed by atoms with Crippen LogP contribution in [0.3, 0.4) is 0 Å². The van der Waals surface area contributed by atoms with E-state index >= 15 is 0 Å². The van der Waals surface area contributed by atoms with Gasteiger partial charge in [-0.15, -0.1) is 0 Å². The number of anilines is 1. The summed E-state index contributed by atoms with van der Waals surface area (Å²) < 4.78 is 5.21. The number of nitrogens with zero attached hydrogens (tertiary/aromatic N) is 3. The highest BCUT2D eigenvalue weighted by Gasteiger charge is 2.26. The number of hydrogen-bond donors (Lipinski definition) is 1. The van der Waals surface area contributed by atoms with Gasteiger partial charge in [-0.05, 0) is 32.3 Å². The molecule has 0 amide bonds. The van der Waals surface area contributed by atoms with Gasteiger partial charge < -0.3 is 4.74 Å². The zero-order valence-electron chi connectivity index (χ0n) is 16.5. The Balaban J connectivity index is 2.31. The third kappa shape index (κ3) is 6.51. The maximum atomic E-state index is 12.5. The molecule has 1 atom stereocenters. The fraction of sp³-hybridized carbons (Fsp3) is 0.579. The van der Waals surface area contributed by atoms with Crippen LogP contribution in [0.1, 0.15) is 58.3 Å². The normalized spacial score (nSPS) is 19.3. The molecule has 1 saturated carbocycles. The molecule has 2 rings (SSSR count). The number of ether oxygens (including phenoxy) is 1. The van der Waals surface area contributed by atoms with Gasteiger partial charge in [0.1, 0.15) is 5.69 Å². The van der Waals surface area contributed by atoms with E-state index in [0.717, 1.165) is 44.6 Å². The van der Waals surface area contributed by atoms with E-state index < -0.39 is 21.5 Å². The third-order valence-corrected chi connectivity index (χ3v) is 4.86. The second kappa shape index (κ2) is 11.1. The Hall–Kier alpha value is -3.04. The number of carbonyl (C=O) groups is 1. The molecule has 10 heteroatoms. The zero-order chi connectivity index (χ0) is 21.2. The Bertz CT molecular complexity index is 780. The average molecular weight is 406 g/mol. The van der Waals surface area contributed by atoms with Crippen molar-refractivity contribution in [1.29, 1.82) is 0 Å². The van der Waals surface area contributed by atoms with E-state index in [9.17, 15) is 25.0 Å². The third-order valence-electron chi connectivity index (χ3n) is 4.86. The minimum Gasteiger partial charge on any atom is -0.465 e. The molecule has 29 heavy (non-hydrogen) atoms. The number of non-ortho nitro benzene ring substituents is 1. The zero-order valence-corrected chi connectivity index (χ0v) is 16.5. The lowest BCUT2D eigenvalue weighted by atomic mass is 9.90. The molecule has 0 bridgehead atoms. The van der Waals surface area contributed by atoms with Crippen molar-refractivity contribution in [3.05, 3.63) is 38.4 Å². The summed E-state index contributed by atoms with van der Waals surface area (Å²) in [6.45, 7) is 2.01. The molecule has 1 unspecified atom stereocenters. The Kier molecular flexibility index (Phi) is 8.50. The van der Waals surface area contributed by atoms with E-state index in [1.165, 1.54) is 12.1 Å². The van der Waals surface area contributed by atoms with Gasteiger partial charge in [0, 0.05) is 6.07 Å². The van der Waals surface area contributed by atoms with Gasteiger partial charge in [-0.1, -0.05) is 32.1 Å². The molecule has 10 nitrogen and oxygen atoms in total. The Labute approximate surface area is 168 Å². The molecule has 158 valence electrons. The van der Waals surface area contributed by atoms with E-state index in [1.54, 1.807) is 6.92 Å². The lowest BCUT2D eigenvalue weighted by Gasteiger charge is -2.19. The molecule has 0 radical (unpaired) electrons. The first kappa shape index (κ1) is 22.3. The van der Waals surface area contributed by atoms with E-state index in [1.807, 2.05) is 0 Å². The summed E-state index contributed by atoms with van der Waals surface area (Å²) in [5, 5.41) is 26.5. The number of nitro groups is 2. The molecule has 1 aliphatic carbocycles. The molecule has 1 fully saturated rings. The standard InChI is InChI=1S/C19H26N4O6/c1-2-29-19(24)15-9-7-5-3-4-6-8-10-16(15)20-21-17-12-11-14(22(25)26)13-18(17)23(27)28/h11-13,15,21H,2-10H2,1H3/b20-16-. The summed E-state index contributed by atoms with van der Waals surface area (Å²) >= 11 is 0. The summed E-state index contributed by atoms with van der Waals surface area (Å²) in [5.74, 6) is -0.843. The van der Waals surface area contributed by atoms with E-state index in [-0.39, 0.29) is 24.0 Å². The highest BCUT2D eigenvalue weighted by atomic mass is 16.6. The molecule has 0 saturated heterocycles. The van der Waals surface area contributed by atoms with E-state index in [0.29, 0.717) is 18.6 Å². The quantitative estimate of drug-likeness (QED) is 0.414. The minimum atomic E-state index is -0.703. The summed E-state index contributed by atoms with van der Waals surface area (Å²) in [4.78, 5) is 33.3. The van der Waals surface area contributed by atoms with Crippen molar-refractivity contribution >= 4 is 28.7 Å². The molecule has 1 aliphatic rings. The molecule has 1 N–H and O–H groups in total. The van der Waals surface area contributed by atoms with Crippen LogP contribution < -0.4 is 5.43 Å². The van der Waals surface area contributed by atoms with Crippen molar-refractivity contribution in [3.63, 3.8) is 0 Å². The molecular weight excluding hydrogens is 380 g/mol. The van der Waals surface area contributed by atoms with Crippen molar-refractivity contribution in [2.45, 2.75) is 58.3 Å². The fourth-order valence-corrected chi connectivity index (χ4v) is 3.34. The van der Waals surface area contributed by atoms with Crippen LogP contribution in [0.5, 0.6) is 0 Å². The lowest BCUT2D eigenvalue weighted by molar-refractivity contribution is -0.393. The van der Waals surface area contributed by atoms with Crippen LogP contribution in [0.2, 0.25) is 0 Å². The molecule has 0 aliphatic heterocycles.